The van der Waals surface area contributed by atoms with Gasteiger partial charge < -0.3 is 25.5 Å². The molecule has 19 heavy (non-hydrogen) atoms. The molecule has 0 bridgehead atoms. The summed E-state index contributed by atoms with van der Waals surface area (Å²) >= 11 is 0. The molecule has 0 spiro atoms. The van der Waals surface area contributed by atoms with E-state index in [1.165, 1.54) is 12.1 Å². The minimum absolute atomic E-state index is 0.0956. The number of H-pyrrole nitrogens is 1. The van der Waals surface area contributed by atoms with Crippen molar-refractivity contribution in [2.24, 2.45) is 0 Å². The quantitative estimate of drug-likeness (QED) is 0.452. The zero-order valence-electron chi connectivity index (χ0n) is 9.40. The van der Waals surface area contributed by atoms with Gasteiger partial charge in [-0.2, -0.15) is 0 Å². The van der Waals surface area contributed by atoms with Gasteiger partial charge in [-0.25, -0.2) is 9.36 Å². The minimum atomic E-state index is -1.26. The van der Waals surface area contributed by atoms with Crippen molar-refractivity contribution in [2.75, 3.05) is 0 Å². The second-order valence-corrected chi connectivity index (χ2v) is 3.64. The molecule has 0 aromatic carbocycles. The van der Waals surface area contributed by atoms with Gasteiger partial charge in [-0.1, -0.05) is 0 Å². The fourth-order valence-electron chi connectivity index (χ4n) is 1.66. The molecule has 0 saturated heterocycles. The number of nitrogens with zero attached hydrogens (tertiary/aromatic N) is 1. The number of aromatic hydroxyl groups is 4. The first-order valence-electron chi connectivity index (χ1n) is 5.06. The first-order valence-corrected chi connectivity index (χ1v) is 5.06. The molecule has 2 aromatic rings. The maximum atomic E-state index is 10.5. The molecule has 0 amide bonds. The van der Waals surface area contributed by atoms with Gasteiger partial charge in [0.05, 0.1) is 5.56 Å². The van der Waals surface area contributed by atoms with Gasteiger partial charge in [0.25, 0.3) is 0 Å². The lowest BCUT2D eigenvalue weighted by Crippen LogP contribution is -1.94. The van der Waals surface area contributed by atoms with Crippen molar-refractivity contribution in [1.82, 2.24) is 9.55 Å². The van der Waals surface area contributed by atoms with Crippen LogP contribution in [-0.4, -0.2) is 41.1 Å². The van der Waals surface area contributed by atoms with Crippen LogP contribution in [0.4, 0.5) is 0 Å². The van der Waals surface area contributed by atoms with Gasteiger partial charge in [0.15, 0.2) is 11.8 Å². The van der Waals surface area contributed by atoms with E-state index in [2.05, 4.69) is 4.98 Å². The summed E-state index contributed by atoms with van der Waals surface area (Å²) < 4.78 is 0.840. The number of aromatic amines is 1. The minimum Gasteiger partial charge on any atom is -0.494 e. The fraction of sp³-hybridized carbons (Fsp3) is 0. The van der Waals surface area contributed by atoms with E-state index in [0.717, 1.165) is 16.7 Å². The number of aromatic nitrogens is 2. The second-order valence-electron chi connectivity index (χ2n) is 3.64. The predicted molar refractivity (Wildman–Crippen MR) is 63.4 cm³/mol. The van der Waals surface area contributed by atoms with Gasteiger partial charge >= 0.3 is 5.97 Å². The van der Waals surface area contributed by atoms with E-state index in [9.17, 15) is 25.2 Å². The van der Waals surface area contributed by atoms with Crippen LogP contribution in [-0.2, 0) is 4.79 Å². The molecule has 2 rings (SSSR count). The molecule has 0 saturated carbocycles. The Morgan fingerprint density at radius 3 is 2.21 bits per heavy atom. The van der Waals surface area contributed by atoms with Crippen LogP contribution in [0.3, 0.4) is 0 Å². The van der Waals surface area contributed by atoms with E-state index in [1.54, 1.807) is 0 Å². The summed E-state index contributed by atoms with van der Waals surface area (Å²) in [5, 5.41) is 46.9. The molecule has 8 nitrogen and oxygen atoms in total. The Labute approximate surface area is 106 Å². The Kier molecular flexibility index (Phi) is 2.83. The molecule has 8 heteroatoms. The zero-order chi connectivity index (χ0) is 14.2. The molecule has 0 aliphatic rings. The van der Waals surface area contributed by atoms with E-state index < -0.39 is 29.5 Å². The highest BCUT2D eigenvalue weighted by molar-refractivity contribution is 5.87. The van der Waals surface area contributed by atoms with Gasteiger partial charge in [0.2, 0.25) is 11.8 Å². The van der Waals surface area contributed by atoms with Crippen molar-refractivity contribution in [2.45, 2.75) is 0 Å². The Bertz CT molecular complexity index is 648. The molecule has 2 aromatic heterocycles. The van der Waals surface area contributed by atoms with Crippen molar-refractivity contribution in [3.05, 3.63) is 23.8 Å². The number of hydrogen-bond donors (Lipinski definition) is 6. The molecule has 6 N–H and O–H groups in total. The summed E-state index contributed by atoms with van der Waals surface area (Å²) in [7, 11) is 0. The monoisotopic (exact) mass is 266 g/mol. The Morgan fingerprint density at radius 1 is 1.11 bits per heavy atom. The number of nitrogens with one attached hydrogen (secondary N) is 1. The first-order chi connectivity index (χ1) is 8.91. The van der Waals surface area contributed by atoms with Crippen LogP contribution in [0, 0.1) is 0 Å². The predicted octanol–water partition coefficient (Wildman–Crippen LogP) is 0.726. The van der Waals surface area contributed by atoms with Crippen LogP contribution in [0.15, 0.2) is 18.2 Å². The molecular formula is C11H10N2O6. The van der Waals surface area contributed by atoms with Gasteiger partial charge in [0, 0.05) is 18.2 Å². The van der Waals surface area contributed by atoms with E-state index in [0.29, 0.717) is 0 Å². The van der Waals surface area contributed by atoms with Crippen LogP contribution in [0.25, 0.3) is 11.8 Å². The van der Waals surface area contributed by atoms with Crippen molar-refractivity contribution in [3.63, 3.8) is 0 Å². The van der Waals surface area contributed by atoms with Gasteiger partial charge in [-0.3, -0.25) is 4.98 Å². The zero-order valence-corrected chi connectivity index (χ0v) is 9.40. The highest BCUT2D eigenvalue weighted by atomic mass is 16.4. The average molecular weight is 266 g/mol. The molecule has 0 atom stereocenters. The summed E-state index contributed by atoms with van der Waals surface area (Å²) in [4.78, 5) is 12.6. The third-order valence-corrected chi connectivity index (χ3v) is 2.43. The Balaban J connectivity index is 2.67. The maximum Gasteiger partial charge on any atom is 0.328 e. The molecule has 0 fully saturated rings. The molecule has 0 aliphatic heterocycles. The van der Waals surface area contributed by atoms with Crippen LogP contribution >= 0.6 is 0 Å². The van der Waals surface area contributed by atoms with E-state index in [-0.39, 0.29) is 11.3 Å². The maximum absolute atomic E-state index is 10.5. The molecule has 100 valence electrons. The summed E-state index contributed by atoms with van der Waals surface area (Å²) in [5.74, 6) is -3.08. The number of carboxylic acids is 1. The molecule has 0 radical (unpaired) electrons. The lowest BCUT2D eigenvalue weighted by molar-refractivity contribution is -0.131. The van der Waals surface area contributed by atoms with E-state index in [4.69, 9.17) is 5.11 Å². The number of rotatable bonds is 3. The number of aliphatic carboxylic acids is 1. The van der Waals surface area contributed by atoms with Crippen LogP contribution in [0.2, 0.25) is 0 Å². The molecular weight excluding hydrogens is 256 g/mol. The molecule has 2 heterocycles. The second kappa shape index (κ2) is 4.33. The van der Waals surface area contributed by atoms with Crippen molar-refractivity contribution in [1.29, 1.82) is 0 Å². The summed E-state index contributed by atoms with van der Waals surface area (Å²) in [6.07, 6.45) is 1.76. The van der Waals surface area contributed by atoms with Crippen LogP contribution < -0.4 is 0 Å². The third-order valence-electron chi connectivity index (χ3n) is 2.43. The lowest BCUT2D eigenvalue weighted by Gasteiger charge is -2.06. The van der Waals surface area contributed by atoms with Crippen LogP contribution in [0.5, 0.6) is 23.5 Å². The van der Waals surface area contributed by atoms with E-state index >= 15 is 0 Å². The SMILES string of the molecule is O=C(O)C=Cc1c(O)[nH]c(O)c1-n1c(O)ccc1O. The van der Waals surface area contributed by atoms with Crippen LogP contribution in [0.1, 0.15) is 5.56 Å². The largest absolute Gasteiger partial charge is 0.494 e. The highest BCUT2D eigenvalue weighted by Gasteiger charge is 2.21. The third kappa shape index (κ3) is 2.06. The summed E-state index contributed by atoms with van der Waals surface area (Å²) in [6, 6.07) is 2.34. The van der Waals surface area contributed by atoms with Crippen molar-refractivity contribution >= 4 is 12.0 Å². The van der Waals surface area contributed by atoms with Crippen molar-refractivity contribution in [3.8, 4) is 29.2 Å². The van der Waals surface area contributed by atoms with Gasteiger partial charge in [-0.15, -0.1) is 0 Å². The first kappa shape index (κ1) is 12.4. The van der Waals surface area contributed by atoms with Crippen molar-refractivity contribution < 1.29 is 30.3 Å². The average Bonchev–Trinajstić information content (AvgIpc) is 2.77. The smallest absolute Gasteiger partial charge is 0.328 e. The van der Waals surface area contributed by atoms with Gasteiger partial charge in [-0.05, 0) is 6.08 Å². The summed E-state index contributed by atoms with van der Waals surface area (Å²) in [6.45, 7) is 0. The van der Waals surface area contributed by atoms with E-state index in [1.807, 2.05) is 0 Å². The normalized spacial score (nSPS) is 11.2. The Morgan fingerprint density at radius 2 is 1.68 bits per heavy atom. The molecule has 0 unspecified atom stereocenters. The number of carbonyl (C=O) groups is 1. The Hall–Kier alpha value is -3.03. The topological polar surface area (TPSA) is 139 Å². The van der Waals surface area contributed by atoms with Gasteiger partial charge in [0.1, 0.15) is 5.69 Å². The standard InChI is InChI=1S/C11H10N2O6/c14-6-2-3-7(15)13(6)9-5(1-4-8(16)17)10(18)12-11(9)19/h1-4,12,14-15,18-19H,(H,16,17). The lowest BCUT2D eigenvalue weighted by atomic mass is 10.2. The number of hydrogen-bond acceptors (Lipinski definition) is 5. The highest BCUT2D eigenvalue weighted by Crippen LogP contribution is 2.39. The fourth-order valence-corrected chi connectivity index (χ4v) is 1.66. The number of carboxylic acid groups (broad SMARTS) is 1. The summed E-state index contributed by atoms with van der Waals surface area (Å²) in [5.41, 5.74) is -0.267. The molecule has 0 aliphatic carbocycles.